The molecule has 13 aromatic carbocycles. The molecule has 15 nitrogen and oxygen atoms in total. The average molecular weight is 1960 g/mol. The molecule has 0 aliphatic heterocycles. The lowest BCUT2D eigenvalue weighted by Crippen LogP contribution is -2.21. The molecule has 700 valence electrons. The molecule has 0 saturated carbocycles. The van der Waals surface area contributed by atoms with Crippen molar-refractivity contribution in [2.45, 2.75) is 13.8 Å². The van der Waals surface area contributed by atoms with E-state index in [1.54, 1.807) is 18.2 Å². The maximum atomic E-state index is 11.3. The molecule has 1 aliphatic rings. The first-order valence-electron chi connectivity index (χ1n) is 46.3. The number of rotatable bonds is 32. The summed E-state index contributed by atoms with van der Waals surface area (Å²) in [6, 6.07) is 130. The van der Waals surface area contributed by atoms with E-state index >= 15 is 0 Å². The number of anilines is 7. The largest absolute Gasteiger partial charge is 0.486 e. The van der Waals surface area contributed by atoms with Crippen LogP contribution in [0, 0.1) is 40.6 Å². The molecule has 0 bridgehead atoms. The highest BCUT2D eigenvalue weighted by atomic mass is 32.1. The number of carboxylic acids is 4. The Morgan fingerprint density at radius 1 is 0.276 bits per heavy atom. The third-order valence-electron chi connectivity index (χ3n) is 24.1. The average Bonchev–Trinajstić information content (AvgIpc) is 1.60. The van der Waals surface area contributed by atoms with Crippen molar-refractivity contribution in [2.75, 3.05) is 27.8 Å². The van der Waals surface area contributed by atoms with Gasteiger partial charge in [0.05, 0.1) is 6.57 Å². The minimum atomic E-state index is -1.24. The van der Waals surface area contributed by atoms with Crippen LogP contribution in [0.1, 0.15) is 106 Å². The fourth-order valence-corrected chi connectivity index (χ4v) is 20.3. The number of nitrogens with zero attached hydrogens (tertiary/aromatic N) is 7. The molecule has 4 heterocycles. The van der Waals surface area contributed by atoms with Crippen LogP contribution in [-0.4, -0.2) is 57.4 Å². The Kier molecular flexibility index (Phi) is 31.3. The van der Waals surface area contributed by atoms with Gasteiger partial charge in [-0.3, -0.25) is 4.79 Å². The van der Waals surface area contributed by atoms with E-state index in [1.165, 1.54) is 103 Å². The summed E-state index contributed by atoms with van der Waals surface area (Å²) in [7, 11) is 0. The van der Waals surface area contributed by atoms with Gasteiger partial charge in [-0.05, 0) is 289 Å². The number of hydrogen-bond acceptors (Lipinski definition) is 14. The maximum Gasteiger partial charge on any atom is 0.346 e. The molecule has 0 radical (unpaired) electrons. The number of thiophene rings is 4. The van der Waals surface area contributed by atoms with Crippen molar-refractivity contribution < 1.29 is 39.6 Å². The van der Waals surface area contributed by atoms with E-state index in [-0.39, 0.29) is 22.4 Å². The number of fused-ring (bicyclic) bond motifs is 3. The van der Waals surface area contributed by atoms with Crippen molar-refractivity contribution >= 4 is 206 Å². The molecule has 145 heavy (non-hydrogen) atoms. The van der Waals surface area contributed by atoms with Crippen molar-refractivity contribution in [3.8, 4) is 71.1 Å². The predicted octanol–water partition coefficient (Wildman–Crippen LogP) is 32.8. The smallest absolute Gasteiger partial charge is 0.346 e. The summed E-state index contributed by atoms with van der Waals surface area (Å²) in [5.74, 6) is -4.95. The Morgan fingerprint density at radius 2 is 0.490 bits per heavy atom. The van der Waals surface area contributed by atoms with Gasteiger partial charge in [0, 0.05) is 91.9 Å². The van der Waals surface area contributed by atoms with Crippen LogP contribution >= 0.6 is 45.3 Å². The summed E-state index contributed by atoms with van der Waals surface area (Å²) in [5, 5.41) is 64.3. The lowest BCUT2D eigenvalue weighted by Gasteiger charge is -2.26. The third-order valence-corrected chi connectivity index (χ3v) is 28.5. The Balaban J connectivity index is 0.000000199. The summed E-state index contributed by atoms with van der Waals surface area (Å²) < 4.78 is 0. The molecule has 1 aliphatic carbocycles. The lowest BCUT2D eigenvalue weighted by atomic mass is 10.0. The number of nitriles is 3. The highest BCUT2D eigenvalue weighted by molar-refractivity contribution is 7.17. The zero-order chi connectivity index (χ0) is 101. The number of benzene rings is 13. The van der Waals surface area contributed by atoms with Crippen molar-refractivity contribution in [3.63, 3.8) is 0 Å². The Labute approximate surface area is 857 Å². The number of hydrogen-bond donors (Lipinski definition) is 4. The summed E-state index contributed by atoms with van der Waals surface area (Å²) in [6.07, 6.45) is 28.8. The van der Waals surface area contributed by atoms with Crippen LogP contribution in [0.5, 0.6) is 0 Å². The molecular formula is C126H89N7O8S4. The zero-order valence-corrected chi connectivity index (χ0v) is 81.7. The van der Waals surface area contributed by atoms with Crippen molar-refractivity contribution in [3.05, 3.63) is 490 Å². The maximum absolute atomic E-state index is 11.3. The minimum Gasteiger partial charge on any atom is -0.486 e. The third kappa shape index (κ3) is 24.6. The van der Waals surface area contributed by atoms with Crippen molar-refractivity contribution in [1.82, 2.24) is 0 Å². The molecule has 0 fully saturated rings. The van der Waals surface area contributed by atoms with Gasteiger partial charge < -0.3 is 35.1 Å². The van der Waals surface area contributed by atoms with Gasteiger partial charge >= 0.3 is 23.9 Å². The van der Waals surface area contributed by atoms with E-state index in [0.29, 0.717) is 19.5 Å². The topological polar surface area (TPSA) is 235 Å². The van der Waals surface area contributed by atoms with Crippen LogP contribution in [0.3, 0.4) is 0 Å². The fourth-order valence-electron chi connectivity index (χ4n) is 16.5. The molecule has 0 atom stereocenters. The molecule has 0 spiro atoms. The van der Waals surface area contributed by atoms with Crippen LogP contribution in [0.2, 0.25) is 0 Å². The Morgan fingerprint density at radius 3 is 0.703 bits per heavy atom. The molecule has 4 aromatic heterocycles. The van der Waals surface area contributed by atoms with Crippen molar-refractivity contribution in [2.24, 2.45) is 0 Å². The van der Waals surface area contributed by atoms with Crippen molar-refractivity contribution in [1.29, 1.82) is 15.8 Å². The first kappa shape index (κ1) is 97.9. The fraction of sp³-hybridized carbons (Fsp3) is 0.0317. The van der Waals surface area contributed by atoms with E-state index in [4.69, 9.17) is 22.4 Å². The number of carboxylic acid groups (broad SMARTS) is 4. The predicted molar refractivity (Wildman–Crippen MR) is 601 cm³/mol. The molecule has 17 aromatic rings. The van der Waals surface area contributed by atoms with Gasteiger partial charge in [0.25, 0.3) is 5.70 Å². The van der Waals surface area contributed by atoms with Crippen LogP contribution in [0.25, 0.3) is 154 Å². The van der Waals surface area contributed by atoms with E-state index in [2.05, 4.69) is 355 Å². The summed E-state index contributed by atoms with van der Waals surface area (Å²) in [6.45, 7) is 13.4. The van der Waals surface area contributed by atoms with Gasteiger partial charge in [0.15, 0.2) is 0 Å². The van der Waals surface area contributed by atoms with Gasteiger partial charge in [-0.15, -0.1) is 45.3 Å². The summed E-state index contributed by atoms with van der Waals surface area (Å²) >= 11 is 5.75. The van der Waals surface area contributed by atoms with Gasteiger partial charge in [0.2, 0.25) is 0 Å². The second-order valence-corrected chi connectivity index (χ2v) is 37.9. The van der Waals surface area contributed by atoms with E-state index in [1.807, 2.05) is 109 Å². The monoisotopic (exact) mass is 1960 g/mol. The van der Waals surface area contributed by atoms with Gasteiger partial charge in [-0.25, -0.2) is 19.2 Å². The van der Waals surface area contributed by atoms with Crippen LogP contribution in [0.4, 0.5) is 39.8 Å². The number of aliphatic carboxylic acids is 4. The first-order chi connectivity index (χ1) is 70.8. The molecule has 0 unspecified atom stereocenters. The van der Waals surface area contributed by atoms with Gasteiger partial charge in [0.1, 0.15) is 34.9 Å². The number of carbonyl (C=O) groups is 4. The van der Waals surface area contributed by atoms with Gasteiger partial charge in [-0.1, -0.05) is 291 Å². The summed E-state index contributed by atoms with van der Waals surface area (Å²) in [5.41, 5.74) is 28.0. The van der Waals surface area contributed by atoms with E-state index < -0.39 is 23.9 Å². The van der Waals surface area contributed by atoms with Crippen LogP contribution in [0.15, 0.2) is 386 Å². The molecular weight excluding hydrogens is 1870 g/mol. The van der Waals surface area contributed by atoms with Crippen LogP contribution in [-0.2, 0) is 19.2 Å². The SMILES string of the molecule is N#C/C(=C/c1ccc(-c2ccc(/C=C/c3ccc(N(c4ccc(C=C5c6ccccc6-c6ccccc65)cc4)c4ccc(/C=C/c5ccc(-c6ccc(/C=C(\C#N)C(=O)O)s6)cc5)cc4)cc3)cc2)s1)C(=O)O.[C-]#[N+]/C(=C\c1ccc(-c2ccc(/C=C/c3ccc(N(c4ccc(/C=C/c5ccc(-c6ccc(/C=C(/C#N)C(=O)O)s6)cc5)cc4)c4ccc(/C=C/c5ccc(N(CC)CC)cc5)cc4)cc3)cc2)s1)C(=O)O. The standard InChI is InChI=1S/C64H41N3O4S2.C62H48N4O4S2/c65-40-49(63(68)69)38-54-33-35-61(72-54)47-23-13-42(14-24-47)9-11-44-17-27-51(28-18-44)67(53-31-21-46(22-32-53)37-60-58-7-3-1-5-56(58)57-6-2-4-8-59(57)60)52-29-19-45(20-30-52)12-10-43-15-25-48(26-16-43)62-36-34-55(73-62)39-50(41-66)64(70)71;1-4-65(5-2)52-28-16-45(17-29-52)10-11-48-22-34-55(35-23-48)66(53-30-18-46(19-31-53)8-6-43-12-24-49(25-13-43)59-38-36-56(71-59)40-51(42-63)61(67)68)54-32-20-47(21-33-54)9-7-44-14-26-50(27-15-44)60-39-37-57(72-60)41-58(64-3)62(69)70/h1-39H,(H,68,69)(H,70,71);6-41H,4-5H2,1-2H3,(H,67,68)(H,69,70)/b11-9+,12-10+,49-38-,50-39+;8-6+,9-7+,11-10+,51-40-,58-41-. The van der Waals surface area contributed by atoms with Crippen LogP contribution < -0.4 is 14.7 Å². The lowest BCUT2D eigenvalue weighted by molar-refractivity contribution is -0.133. The summed E-state index contributed by atoms with van der Waals surface area (Å²) in [4.78, 5) is 61.9. The van der Waals surface area contributed by atoms with Gasteiger partial charge in [-0.2, -0.15) is 15.8 Å². The van der Waals surface area contributed by atoms with E-state index in [9.17, 15) is 39.6 Å². The second-order valence-electron chi connectivity index (χ2n) is 33.5. The second kappa shape index (κ2) is 46.4. The zero-order valence-electron chi connectivity index (χ0n) is 78.4. The molecule has 0 amide bonds. The minimum absolute atomic E-state index is 0.295. The normalized spacial score (nSPS) is 11.9. The molecule has 0 saturated heterocycles. The highest BCUT2D eigenvalue weighted by Gasteiger charge is 2.24. The Bertz CT molecular complexity index is 7760. The van der Waals surface area contributed by atoms with E-state index in [0.717, 1.165) is 150 Å². The first-order valence-corrected chi connectivity index (χ1v) is 49.6. The Hall–Kier alpha value is -18.7. The molecule has 4 N–H and O–H groups in total. The highest BCUT2D eigenvalue weighted by Crippen LogP contribution is 2.47. The molecule has 18 rings (SSSR count). The molecule has 19 heteroatoms. The quantitative estimate of drug-likeness (QED) is 0.0133.